The molecule has 0 aliphatic carbocycles. The number of sulfonamides is 1. The van der Waals surface area contributed by atoms with Crippen molar-refractivity contribution in [2.24, 2.45) is 0 Å². The van der Waals surface area contributed by atoms with E-state index in [2.05, 4.69) is 20.1 Å². The summed E-state index contributed by atoms with van der Waals surface area (Å²) in [6, 6.07) is 25.1. The van der Waals surface area contributed by atoms with Gasteiger partial charge in [-0.1, -0.05) is 72.3 Å². The van der Waals surface area contributed by atoms with Crippen molar-refractivity contribution < 1.29 is 8.42 Å². The van der Waals surface area contributed by atoms with Crippen LogP contribution in [0.5, 0.6) is 0 Å². The number of nitrogens with one attached hydrogen (secondary N) is 2. The molecule has 3 aromatic carbocycles. The summed E-state index contributed by atoms with van der Waals surface area (Å²) < 4.78 is 29.6. The van der Waals surface area contributed by atoms with Gasteiger partial charge in [0.2, 0.25) is 5.95 Å². The van der Waals surface area contributed by atoms with Gasteiger partial charge in [-0.15, -0.1) is 5.10 Å². The lowest BCUT2D eigenvalue weighted by molar-refractivity contribution is 0.598. The van der Waals surface area contributed by atoms with E-state index in [1.165, 1.54) is 12.1 Å². The molecule has 1 aliphatic rings. The summed E-state index contributed by atoms with van der Waals surface area (Å²) in [4.78, 5) is 4.55. The molecule has 1 aliphatic heterocycles. The molecular formula is C23H18ClN5O2S. The molecule has 2 heterocycles. The van der Waals surface area contributed by atoms with Gasteiger partial charge in [0.25, 0.3) is 16.0 Å². The van der Waals surface area contributed by atoms with Crippen molar-refractivity contribution in [1.82, 2.24) is 14.8 Å². The van der Waals surface area contributed by atoms with Gasteiger partial charge in [-0.05, 0) is 41.5 Å². The molecule has 0 bridgehead atoms. The summed E-state index contributed by atoms with van der Waals surface area (Å²) in [5, 5.41) is 8.33. The fourth-order valence-electron chi connectivity index (χ4n) is 3.50. The predicted molar refractivity (Wildman–Crippen MR) is 125 cm³/mol. The molecule has 0 saturated heterocycles. The van der Waals surface area contributed by atoms with Crippen molar-refractivity contribution in [3.63, 3.8) is 0 Å². The second-order valence-corrected chi connectivity index (χ2v) is 9.31. The van der Waals surface area contributed by atoms with Crippen LogP contribution < -0.4 is 10.0 Å². The largest absolute Gasteiger partial charge is 0.324 e. The van der Waals surface area contributed by atoms with Crippen LogP contribution in [0.15, 0.2) is 95.9 Å². The third-order valence-corrected chi connectivity index (χ3v) is 6.64. The molecule has 0 spiro atoms. The summed E-state index contributed by atoms with van der Waals surface area (Å²) in [6.45, 7) is 0. The lowest BCUT2D eigenvalue weighted by Gasteiger charge is -2.24. The molecular weight excluding hydrogens is 446 g/mol. The van der Waals surface area contributed by atoms with Gasteiger partial charge in [-0.25, -0.2) is 17.8 Å². The maximum absolute atomic E-state index is 12.7. The Morgan fingerprint density at radius 2 is 1.56 bits per heavy atom. The van der Waals surface area contributed by atoms with Gasteiger partial charge in [-0.3, -0.25) is 0 Å². The normalized spacial score (nSPS) is 15.4. The Morgan fingerprint density at radius 3 is 2.25 bits per heavy atom. The first kappa shape index (κ1) is 20.3. The van der Waals surface area contributed by atoms with Gasteiger partial charge in [-0.2, -0.15) is 4.98 Å². The average molecular weight is 464 g/mol. The van der Waals surface area contributed by atoms with Crippen LogP contribution in [0.3, 0.4) is 0 Å². The first-order valence-corrected chi connectivity index (χ1v) is 11.7. The van der Waals surface area contributed by atoms with Crippen molar-refractivity contribution >= 4 is 39.2 Å². The Morgan fingerprint density at radius 1 is 0.906 bits per heavy atom. The van der Waals surface area contributed by atoms with Crippen LogP contribution in [-0.2, 0) is 10.0 Å². The Labute approximate surface area is 190 Å². The molecule has 0 amide bonds. The number of allylic oxidation sites excluding steroid dienone is 1. The predicted octanol–water partition coefficient (Wildman–Crippen LogP) is 4.79. The first-order valence-electron chi connectivity index (χ1n) is 9.84. The van der Waals surface area contributed by atoms with E-state index in [1.807, 2.05) is 60.7 Å². The fraction of sp³-hybridized carbons (Fsp3) is 0.0435. The number of rotatable bonds is 5. The van der Waals surface area contributed by atoms with E-state index in [9.17, 15) is 8.42 Å². The number of aromatic nitrogens is 3. The third kappa shape index (κ3) is 3.98. The van der Waals surface area contributed by atoms with E-state index >= 15 is 0 Å². The van der Waals surface area contributed by atoms with E-state index < -0.39 is 10.0 Å². The van der Waals surface area contributed by atoms with E-state index in [-0.39, 0.29) is 16.9 Å². The Bertz CT molecular complexity index is 1390. The van der Waals surface area contributed by atoms with Crippen LogP contribution in [0.2, 0.25) is 5.02 Å². The Hall–Kier alpha value is -3.62. The molecule has 0 fully saturated rings. The second kappa shape index (κ2) is 8.14. The SMILES string of the molecule is O=S(=O)(Nc1nc2n(n1)C(c1ccc(Cl)cc1)C=C(c1ccccc1)N2)c1ccccc1. The average Bonchev–Trinajstić information content (AvgIpc) is 3.22. The summed E-state index contributed by atoms with van der Waals surface area (Å²) in [7, 11) is -3.82. The van der Waals surface area contributed by atoms with Crippen molar-refractivity contribution in [3.8, 4) is 0 Å². The molecule has 1 atom stereocenters. The smallest absolute Gasteiger partial charge is 0.264 e. The van der Waals surface area contributed by atoms with Crippen molar-refractivity contribution in [3.05, 3.63) is 107 Å². The maximum atomic E-state index is 12.7. The maximum Gasteiger partial charge on any atom is 0.264 e. The summed E-state index contributed by atoms with van der Waals surface area (Å²) in [6.07, 6.45) is 2.02. The molecule has 32 heavy (non-hydrogen) atoms. The molecule has 0 saturated carbocycles. The number of halogens is 1. The van der Waals surface area contributed by atoms with Gasteiger partial charge >= 0.3 is 0 Å². The molecule has 2 N–H and O–H groups in total. The highest BCUT2D eigenvalue weighted by molar-refractivity contribution is 7.92. The van der Waals surface area contributed by atoms with E-state index in [0.717, 1.165) is 16.8 Å². The molecule has 0 radical (unpaired) electrons. The van der Waals surface area contributed by atoms with Gasteiger partial charge in [0, 0.05) is 10.7 Å². The van der Waals surface area contributed by atoms with Crippen LogP contribution in [-0.4, -0.2) is 23.2 Å². The zero-order valence-electron chi connectivity index (χ0n) is 16.7. The first-order chi connectivity index (χ1) is 15.5. The molecule has 7 nitrogen and oxygen atoms in total. The second-order valence-electron chi connectivity index (χ2n) is 7.19. The van der Waals surface area contributed by atoms with Crippen LogP contribution in [0.25, 0.3) is 5.70 Å². The number of nitrogens with zero attached hydrogens (tertiary/aromatic N) is 3. The molecule has 5 rings (SSSR count). The monoisotopic (exact) mass is 463 g/mol. The topological polar surface area (TPSA) is 88.9 Å². The van der Waals surface area contributed by atoms with Crippen molar-refractivity contribution in [1.29, 1.82) is 0 Å². The Balaban J connectivity index is 1.55. The molecule has 1 unspecified atom stereocenters. The lowest BCUT2D eigenvalue weighted by atomic mass is 10.0. The lowest BCUT2D eigenvalue weighted by Crippen LogP contribution is -2.20. The highest BCUT2D eigenvalue weighted by Crippen LogP contribution is 2.33. The van der Waals surface area contributed by atoms with E-state index in [4.69, 9.17) is 11.6 Å². The quantitative estimate of drug-likeness (QED) is 0.444. The minimum absolute atomic E-state index is 0.0157. The number of hydrogen-bond acceptors (Lipinski definition) is 5. The van der Waals surface area contributed by atoms with E-state index in [1.54, 1.807) is 22.9 Å². The highest BCUT2D eigenvalue weighted by Gasteiger charge is 2.27. The highest BCUT2D eigenvalue weighted by atomic mass is 35.5. The van der Waals surface area contributed by atoms with Gasteiger partial charge < -0.3 is 5.32 Å². The minimum atomic E-state index is -3.82. The minimum Gasteiger partial charge on any atom is -0.324 e. The van der Waals surface area contributed by atoms with Crippen LogP contribution >= 0.6 is 11.6 Å². The summed E-state index contributed by atoms with van der Waals surface area (Å²) in [5.41, 5.74) is 2.77. The number of fused-ring (bicyclic) bond motifs is 1. The van der Waals surface area contributed by atoms with Crippen LogP contribution in [0.1, 0.15) is 17.2 Å². The molecule has 9 heteroatoms. The van der Waals surface area contributed by atoms with Crippen LogP contribution in [0, 0.1) is 0 Å². The van der Waals surface area contributed by atoms with Crippen LogP contribution in [0.4, 0.5) is 11.9 Å². The third-order valence-electron chi connectivity index (χ3n) is 5.04. The zero-order valence-corrected chi connectivity index (χ0v) is 18.3. The van der Waals surface area contributed by atoms with Gasteiger partial charge in [0.05, 0.1) is 4.90 Å². The Kier molecular flexibility index (Phi) is 5.16. The fourth-order valence-corrected chi connectivity index (χ4v) is 4.58. The zero-order chi connectivity index (χ0) is 22.1. The number of anilines is 2. The summed E-state index contributed by atoms with van der Waals surface area (Å²) in [5.74, 6) is 0.412. The van der Waals surface area contributed by atoms with Gasteiger partial charge in [0.15, 0.2) is 0 Å². The molecule has 4 aromatic rings. The van der Waals surface area contributed by atoms with Crippen molar-refractivity contribution in [2.45, 2.75) is 10.9 Å². The van der Waals surface area contributed by atoms with Crippen molar-refractivity contribution in [2.75, 3.05) is 10.0 Å². The summed E-state index contributed by atoms with van der Waals surface area (Å²) >= 11 is 6.07. The van der Waals surface area contributed by atoms with E-state index in [0.29, 0.717) is 11.0 Å². The van der Waals surface area contributed by atoms with Gasteiger partial charge in [0.1, 0.15) is 6.04 Å². The number of benzene rings is 3. The molecule has 1 aromatic heterocycles. The molecule has 160 valence electrons. The standard InChI is InChI=1S/C23H18ClN5O2S/c24-18-13-11-17(12-14-18)21-15-20(16-7-3-1-4-8-16)25-23-26-22(27-29(21)23)28-32(30,31)19-9-5-2-6-10-19/h1-15,21H,(H2,25,26,27,28). The number of hydrogen-bond donors (Lipinski definition) is 2.